The van der Waals surface area contributed by atoms with Crippen molar-refractivity contribution in [1.29, 1.82) is 0 Å². The van der Waals surface area contributed by atoms with Crippen LogP contribution in [0.25, 0.3) is 0 Å². The lowest BCUT2D eigenvalue weighted by Crippen LogP contribution is -2.19. The molecule has 0 radical (unpaired) electrons. The largest absolute Gasteiger partial charge is 0.332 e. The highest BCUT2D eigenvalue weighted by molar-refractivity contribution is 9.10. The van der Waals surface area contributed by atoms with Crippen molar-refractivity contribution in [3.63, 3.8) is 0 Å². The molecule has 0 unspecified atom stereocenters. The zero-order valence-corrected chi connectivity index (χ0v) is 12.9. The van der Waals surface area contributed by atoms with Gasteiger partial charge in [-0.1, -0.05) is 19.1 Å². The Morgan fingerprint density at radius 2 is 1.89 bits per heavy atom. The second-order valence-electron chi connectivity index (χ2n) is 3.99. The highest BCUT2D eigenvalue weighted by Crippen LogP contribution is 2.12. The number of aromatic nitrogens is 1. The Morgan fingerprint density at radius 1 is 1.16 bits per heavy atom. The fourth-order valence-electron chi connectivity index (χ4n) is 1.55. The minimum absolute atomic E-state index is 0.527. The molecule has 2 N–H and O–H groups in total. The van der Waals surface area contributed by atoms with E-state index in [4.69, 9.17) is 12.2 Å². The second-order valence-corrected chi connectivity index (χ2v) is 5.32. The zero-order chi connectivity index (χ0) is 13.7. The van der Waals surface area contributed by atoms with Gasteiger partial charge in [0.15, 0.2) is 5.11 Å². The minimum atomic E-state index is 0.527. The van der Waals surface area contributed by atoms with Gasteiger partial charge in [0.2, 0.25) is 0 Å². The quantitative estimate of drug-likeness (QED) is 0.823. The van der Waals surface area contributed by atoms with Crippen molar-refractivity contribution in [1.82, 2.24) is 4.98 Å². The van der Waals surface area contributed by atoms with Crippen LogP contribution >= 0.6 is 28.1 Å². The lowest BCUT2D eigenvalue weighted by Gasteiger charge is -2.10. The van der Waals surface area contributed by atoms with E-state index in [1.165, 1.54) is 5.56 Å². The molecule has 0 saturated carbocycles. The molecule has 1 aromatic carbocycles. The van der Waals surface area contributed by atoms with Crippen molar-refractivity contribution in [2.75, 3.05) is 10.6 Å². The van der Waals surface area contributed by atoms with Crippen molar-refractivity contribution >= 4 is 44.8 Å². The lowest BCUT2D eigenvalue weighted by atomic mass is 10.1. The van der Waals surface area contributed by atoms with Gasteiger partial charge in [-0.15, -0.1) is 0 Å². The molecule has 0 atom stereocenters. The van der Waals surface area contributed by atoms with Crippen molar-refractivity contribution in [3.8, 4) is 0 Å². The SMILES string of the molecule is CCc1ccc(NC(=S)Nc2ccc(Br)cn2)cc1. The normalized spacial score (nSPS) is 10.0. The number of halogens is 1. The molecule has 1 heterocycles. The summed E-state index contributed by atoms with van der Waals surface area (Å²) in [5, 5.41) is 6.69. The first-order chi connectivity index (χ1) is 9.17. The molecule has 0 spiro atoms. The molecular weight excluding hydrogens is 322 g/mol. The Hall–Kier alpha value is -1.46. The van der Waals surface area contributed by atoms with Crippen molar-refractivity contribution in [2.45, 2.75) is 13.3 Å². The third kappa shape index (κ3) is 4.29. The molecule has 0 aliphatic carbocycles. The Bertz CT molecular complexity index is 552. The second kappa shape index (κ2) is 6.63. The molecule has 0 aliphatic rings. The van der Waals surface area contributed by atoms with E-state index in [9.17, 15) is 0 Å². The maximum Gasteiger partial charge on any atom is 0.176 e. The zero-order valence-electron chi connectivity index (χ0n) is 10.5. The summed E-state index contributed by atoms with van der Waals surface area (Å²) in [4.78, 5) is 4.20. The number of hydrogen-bond donors (Lipinski definition) is 2. The van der Waals surface area contributed by atoms with Crippen LogP contribution in [0, 0.1) is 0 Å². The highest BCUT2D eigenvalue weighted by atomic mass is 79.9. The molecule has 3 nitrogen and oxygen atoms in total. The van der Waals surface area contributed by atoms with Crippen LogP contribution in [0.1, 0.15) is 12.5 Å². The summed E-state index contributed by atoms with van der Waals surface area (Å²) in [6.45, 7) is 2.13. The molecular formula is C14H14BrN3S. The average molecular weight is 336 g/mol. The summed E-state index contributed by atoms with van der Waals surface area (Å²) in [5.41, 5.74) is 2.27. The maximum atomic E-state index is 5.24. The molecule has 0 fully saturated rings. The van der Waals surface area contributed by atoms with Gasteiger partial charge in [-0.25, -0.2) is 4.98 Å². The summed E-state index contributed by atoms with van der Waals surface area (Å²) in [7, 11) is 0. The Balaban J connectivity index is 1.95. The number of hydrogen-bond acceptors (Lipinski definition) is 2. The first-order valence-electron chi connectivity index (χ1n) is 5.96. The van der Waals surface area contributed by atoms with Gasteiger partial charge in [-0.3, -0.25) is 0 Å². The number of nitrogens with zero attached hydrogens (tertiary/aromatic N) is 1. The molecule has 98 valence electrons. The van der Waals surface area contributed by atoms with E-state index in [-0.39, 0.29) is 0 Å². The van der Waals surface area contributed by atoms with Crippen LogP contribution in [-0.2, 0) is 6.42 Å². The van der Waals surface area contributed by atoms with E-state index < -0.39 is 0 Å². The standard InChI is InChI=1S/C14H14BrN3S/c1-2-10-3-6-12(7-4-10)17-14(19)18-13-8-5-11(15)9-16-13/h3-9H,2H2,1H3,(H2,16,17,18,19). The predicted octanol–water partition coefficient (Wildman–Crippen LogP) is 4.22. The fraction of sp³-hybridized carbons (Fsp3) is 0.143. The third-order valence-corrected chi connectivity index (χ3v) is 3.26. The van der Waals surface area contributed by atoms with Crippen LogP contribution in [0.5, 0.6) is 0 Å². The van der Waals surface area contributed by atoms with E-state index in [0.29, 0.717) is 10.9 Å². The number of pyridine rings is 1. The van der Waals surface area contributed by atoms with Crippen molar-refractivity contribution in [3.05, 3.63) is 52.6 Å². The summed E-state index contributed by atoms with van der Waals surface area (Å²) in [6.07, 6.45) is 2.76. The molecule has 1 aromatic heterocycles. The predicted molar refractivity (Wildman–Crippen MR) is 87.6 cm³/mol. The molecule has 19 heavy (non-hydrogen) atoms. The van der Waals surface area contributed by atoms with E-state index in [1.54, 1.807) is 6.20 Å². The van der Waals surface area contributed by atoms with Crippen LogP contribution in [0.2, 0.25) is 0 Å². The van der Waals surface area contributed by atoms with Gasteiger partial charge in [0.1, 0.15) is 5.82 Å². The molecule has 2 rings (SSSR count). The number of nitrogens with one attached hydrogen (secondary N) is 2. The molecule has 2 aromatic rings. The van der Waals surface area contributed by atoms with Crippen LogP contribution in [0.3, 0.4) is 0 Å². The molecule has 0 aliphatic heterocycles. The molecule has 5 heteroatoms. The number of aryl methyl sites for hydroxylation is 1. The van der Waals surface area contributed by atoms with Crippen molar-refractivity contribution in [2.24, 2.45) is 0 Å². The van der Waals surface area contributed by atoms with Gasteiger partial charge in [0.05, 0.1) is 0 Å². The highest BCUT2D eigenvalue weighted by Gasteiger charge is 2.00. The fourth-order valence-corrected chi connectivity index (χ4v) is 2.01. The number of thiocarbonyl (C=S) groups is 1. The first-order valence-corrected chi connectivity index (χ1v) is 7.16. The topological polar surface area (TPSA) is 37.0 Å². The number of anilines is 2. The first kappa shape index (κ1) is 14.0. The van der Waals surface area contributed by atoms with Crippen LogP contribution in [0.4, 0.5) is 11.5 Å². The van der Waals surface area contributed by atoms with Gasteiger partial charge in [-0.05, 0) is 64.4 Å². The van der Waals surface area contributed by atoms with Gasteiger partial charge in [0.25, 0.3) is 0 Å². The van der Waals surface area contributed by atoms with Crippen molar-refractivity contribution < 1.29 is 0 Å². The van der Waals surface area contributed by atoms with Gasteiger partial charge >= 0.3 is 0 Å². The summed E-state index contributed by atoms with van der Waals surface area (Å²) in [5.74, 6) is 0.714. The number of rotatable bonds is 3. The molecule has 0 saturated heterocycles. The van der Waals surface area contributed by atoms with Crippen LogP contribution in [0.15, 0.2) is 47.1 Å². The van der Waals surface area contributed by atoms with E-state index in [1.807, 2.05) is 24.3 Å². The third-order valence-electron chi connectivity index (χ3n) is 2.59. The summed E-state index contributed by atoms with van der Waals surface area (Å²) < 4.78 is 0.937. The van der Waals surface area contributed by atoms with Gasteiger partial charge in [-0.2, -0.15) is 0 Å². The summed E-state index contributed by atoms with van der Waals surface area (Å²) >= 11 is 8.58. The van der Waals surface area contributed by atoms with E-state index >= 15 is 0 Å². The average Bonchev–Trinajstić information content (AvgIpc) is 2.42. The van der Waals surface area contributed by atoms with Crippen LogP contribution in [-0.4, -0.2) is 10.1 Å². The maximum absolute atomic E-state index is 5.24. The monoisotopic (exact) mass is 335 g/mol. The summed E-state index contributed by atoms with van der Waals surface area (Å²) in [6, 6.07) is 12.0. The smallest absolute Gasteiger partial charge is 0.176 e. The van der Waals surface area contributed by atoms with Gasteiger partial charge in [0, 0.05) is 16.4 Å². The molecule has 0 amide bonds. The Morgan fingerprint density at radius 3 is 2.47 bits per heavy atom. The lowest BCUT2D eigenvalue weighted by molar-refractivity contribution is 1.14. The number of benzene rings is 1. The van der Waals surface area contributed by atoms with E-state index in [0.717, 1.165) is 16.6 Å². The van der Waals surface area contributed by atoms with Crippen LogP contribution < -0.4 is 10.6 Å². The minimum Gasteiger partial charge on any atom is -0.332 e. The Kier molecular flexibility index (Phi) is 4.87. The Labute approximate surface area is 126 Å². The van der Waals surface area contributed by atoms with Gasteiger partial charge < -0.3 is 10.6 Å². The van der Waals surface area contributed by atoms with E-state index in [2.05, 4.69) is 50.6 Å². The molecule has 0 bridgehead atoms.